The summed E-state index contributed by atoms with van der Waals surface area (Å²) in [6.07, 6.45) is 6.27. The first-order valence-corrected chi connectivity index (χ1v) is 5.63. The van der Waals surface area contributed by atoms with Crippen molar-refractivity contribution in [2.75, 3.05) is 0 Å². The van der Waals surface area contributed by atoms with Crippen molar-refractivity contribution in [1.29, 1.82) is 0 Å². The molecule has 0 fully saturated rings. The predicted octanol–water partition coefficient (Wildman–Crippen LogP) is 1.63. The number of rotatable bonds is 4. The number of amides is 1. The van der Waals surface area contributed by atoms with E-state index in [2.05, 4.69) is 15.4 Å². The van der Waals surface area contributed by atoms with E-state index in [1.165, 1.54) is 0 Å². The summed E-state index contributed by atoms with van der Waals surface area (Å²) in [5.74, 6) is -0.0919. The lowest BCUT2D eigenvalue weighted by Crippen LogP contribution is -2.28. The van der Waals surface area contributed by atoms with Gasteiger partial charge in [0.05, 0.1) is 12.2 Å². The van der Waals surface area contributed by atoms with E-state index >= 15 is 0 Å². The Morgan fingerprint density at radius 2 is 2.47 bits per heavy atom. The number of aryl methyl sites for hydroxylation is 1. The smallest absolute Gasteiger partial charge is 0.268 e. The van der Waals surface area contributed by atoms with Gasteiger partial charge in [0.2, 0.25) is 0 Å². The lowest BCUT2D eigenvalue weighted by atomic mass is 10.1. The van der Waals surface area contributed by atoms with E-state index in [4.69, 9.17) is 0 Å². The summed E-state index contributed by atoms with van der Waals surface area (Å²) in [7, 11) is 1.86. The van der Waals surface area contributed by atoms with E-state index in [-0.39, 0.29) is 11.9 Å². The summed E-state index contributed by atoms with van der Waals surface area (Å²) >= 11 is 0. The van der Waals surface area contributed by atoms with Gasteiger partial charge in [-0.15, -0.1) is 0 Å². The molecule has 0 saturated heterocycles. The molecule has 1 unspecified atom stereocenters. The summed E-state index contributed by atoms with van der Waals surface area (Å²) < 4.78 is 1.73. The van der Waals surface area contributed by atoms with Crippen LogP contribution in [0.3, 0.4) is 0 Å². The van der Waals surface area contributed by atoms with Gasteiger partial charge in [-0.05, 0) is 18.6 Å². The minimum Gasteiger partial charge on any atom is -0.357 e. The zero-order valence-electron chi connectivity index (χ0n) is 9.97. The zero-order valence-corrected chi connectivity index (χ0v) is 9.97. The number of hydrogen-bond donors (Lipinski definition) is 2. The highest BCUT2D eigenvalue weighted by atomic mass is 16.1. The summed E-state index contributed by atoms with van der Waals surface area (Å²) in [5.41, 5.74) is 1.60. The Labute approximate surface area is 99.8 Å². The second-order valence-corrected chi connectivity index (χ2v) is 3.97. The molecule has 2 rings (SSSR count). The Balaban J connectivity index is 2.08. The predicted molar refractivity (Wildman–Crippen MR) is 64.5 cm³/mol. The van der Waals surface area contributed by atoms with E-state index in [0.29, 0.717) is 5.69 Å². The van der Waals surface area contributed by atoms with Crippen molar-refractivity contribution in [1.82, 2.24) is 20.1 Å². The number of nitrogens with one attached hydrogen (secondary N) is 2. The van der Waals surface area contributed by atoms with Gasteiger partial charge in [-0.3, -0.25) is 9.48 Å². The Hall–Kier alpha value is -2.04. The van der Waals surface area contributed by atoms with Crippen LogP contribution < -0.4 is 5.32 Å². The lowest BCUT2D eigenvalue weighted by molar-refractivity contribution is 0.0931. The van der Waals surface area contributed by atoms with Crippen LogP contribution in [0.2, 0.25) is 0 Å². The van der Waals surface area contributed by atoms with Crippen molar-refractivity contribution in [2.24, 2.45) is 7.05 Å². The fourth-order valence-corrected chi connectivity index (χ4v) is 1.75. The number of carbonyl (C=O) groups is 1. The van der Waals surface area contributed by atoms with Crippen LogP contribution in [0.4, 0.5) is 0 Å². The fraction of sp³-hybridized carbons (Fsp3) is 0.333. The molecule has 17 heavy (non-hydrogen) atoms. The molecule has 5 nitrogen and oxygen atoms in total. The van der Waals surface area contributed by atoms with Crippen LogP contribution in [0.1, 0.15) is 35.4 Å². The molecule has 0 aliphatic carbocycles. The van der Waals surface area contributed by atoms with Crippen molar-refractivity contribution >= 4 is 5.91 Å². The van der Waals surface area contributed by atoms with E-state index < -0.39 is 0 Å². The SMILES string of the molecule is CCC(NC(=O)c1ccc[nH]1)c1cnn(C)c1. The van der Waals surface area contributed by atoms with Gasteiger partial charge in [0.1, 0.15) is 5.69 Å². The molecule has 0 spiro atoms. The Morgan fingerprint density at radius 3 is 3.00 bits per heavy atom. The second kappa shape index (κ2) is 4.86. The van der Waals surface area contributed by atoms with Gasteiger partial charge in [-0.2, -0.15) is 5.10 Å². The minimum absolute atomic E-state index is 0.000463. The van der Waals surface area contributed by atoms with Crippen molar-refractivity contribution in [3.8, 4) is 0 Å². The van der Waals surface area contributed by atoms with Gasteiger partial charge in [0.25, 0.3) is 5.91 Å². The molecule has 0 radical (unpaired) electrons. The van der Waals surface area contributed by atoms with E-state index in [1.807, 2.05) is 20.2 Å². The van der Waals surface area contributed by atoms with Gasteiger partial charge in [0.15, 0.2) is 0 Å². The first-order chi connectivity index (χ1) is 8.20. The first-order valence-electron chi connectivity index (χ1n) is 5.63. The zero-order chi connectivity index (χ0) is 12.3. The molecule has 0 aliphatic heterocycles. The largest absolute Gasteiger partial charge is 0.357 e. The maximum absolute atomic E-state index is 11.9. The quantitative estimate of drug-likeness (QED) is 0.841. The molecule has 1 atom stereocenters. The maximum atomic E-state index is 11.9. The van der Waals surface area contributed by atoms with Crippen LogP contribution >= 0.6 is 0 Å². The number of carbonyl (C=O) groups excluding carboxylic acids is 1. The maximum Gasteiger partial charge on any atom is 0.268 e. The summed E-state index contributed by atoms with van der Waals surface area (Å²) in [6.45, 7) is 2.03. The third-order valence-corrected chi connectivity index (χ3v) is 2.68. The van der Waals surface area contributed by atoms with Crippen LogP contribution in [-0.2, 0) is 7.05 Å². The Morgan fingerprint density at radius 1 is 1.65 bits per heavy atom. The standard InChI is InChI=1S/C12H16N4O/c1-3-10(9-7-14-16(2)8-9)15-12(17)11-5-4-6-13-11/h4-8,10,13H,3H2,1-2H3,(H,15,17). The molecule has 0 saturated carbocycles. The topological polar surface area (TPSA) is 62.7 Å². The number of hydrogen-bond acceptors (Lipinski definition) is 2. The highest BCUT2D eigenvalue weighted by Crippen LogP contribution is 2.15. The van der Waals surface area contributed by atoms with Crippen LogP contribution in [-0.4, -0.2) is 20.7 Å². The highest BCUT2D eigenvalue weighted by Gasteiger charge is 2.15. The average molecular weight is 232 g/mol. The molecule has 2 N–H and O–H groups in total. The third-order valence-electron chi connectivity index (χ3n) is 2.68. The van der Waals surface area contributed by atoms with Gasteiger partial charge in [-0.25, -0.2) is 0 Å². The molecule has 1 amide bonds. The van der Waals surface area contributed by atoms with Crippen LogP contribution in [0.25, 0.3) is 0 Å². The molecule has 90 valence electrons. The molecular weight excluding hydrogens is 216 g/mol. The molecule has 2 aromatic heterocycles. The number of H-pyrrole nitrogens is 1. The van der Waals surface area contributed by atoms with Crippen molar-refractivity contribution in [2.45, 2.75) is 19.4 Å². The number of nitrogens with zero attached hydrogens (tertiary/aromatic N) is 2. The van der Waals surface area contributed by atoms with Crippen LogP contribution in [0.5, 0.6) is 0 Å². The van der Waals surface area contributed by atoms with Crippen molar-refractivity contribution in [3.05, 3.63) is 42.0 Å². The molecule has 0 aromatic carbocycles. The second-order valence-electron chi connectivity index (χ2n) is 3.97. The van der Waals surface area contributed by atoms with Crippen LogP contribution in [0, 0.1) is 0 Å². The third kappa shape index (κ3) is 2.55. The molecular formula is C12H16N4O. The Bertz CT molecular complexity index is 486. The van der Waals surface area contributed by atoms with Crippen molar-refractivity contribution < 1.29 is 4.79 Å². The minimum atomic E-state index is -0.0919. The summed E-state index contributed by atoms with van der Waals surface area (Å²) in [4.78, 5) is 14.8. The lowest BCUT2D eigenvalue weighted by Gasteiger charge is -2.14. The Kier molecular flexibility index (Phi) is 3.27. The van der Waals surface area contributed by atoms with E-state index in [9.17, 15) is 4.79 Å². The first kappa shape index (κ1) is 11.4. The number of aromatic amines is 1. The monoisotopic (exact) mass is 232 g/mol. The number of aromatic nitrogens is 3. The summed E-state index contributed by atoms with van der Waals surface area (Å²) in [5, 5.41) is 7.09. The van der Waals surface area contributed by atoms with Crippen LogP contribution in [0.15, 0.2) is 30.7 Å². The van der Waals surface area contributed by atoms with Crippen molar-refractivity contribution in [3.63, 3.8) is 0 Å². The van der Waals surface area contributed by atoms with Gasteiger partial charge < -0.3 is 10.3 Å². The molecule has 2 aromatic rings. The highest BCUT2D eigenvalue weighted by molar-refractivity contribution is 5.92. The van der Waals surface area contributed by atoms with E-state index in [0.717, 1.165) is 12.0 Å². The normalized spacial score (nSPS) is 12.4. The fourth-order valence-electron chi connectivity index (χ4n) is 1.75. The van der Waals surface area contributed by atoms with Gasteiger partial charge >= 0.3 is 0 Å². The summed E-state index contributed by atoms with van der Waals surface area (Å²) in [6, 6.07) is 3.56. The van der Waals surface area contributed by atoms with E-state index in [1.54, 1.807) is 29.2 Å². The molecule has 0 bridgehead atoms. The van der Waals surface area contributed by atoms with Gasteiger partial charge in [0, 0.05) is 25.0 Å². The molecule has 5 heteroatoms. The molecule has 2 heterocycles. The molecule has 0 aliphatic rings. The average Bonchev–Trinajstić information content (AvgIpc) is 2.96. The van der Waals surface area contributed by atoms with Gasteiger partial charge in [-0.1, -0.05) is 6.92 Å².